The molecule has 0 aromatic heterocycles. The van der Waals surface area contributed by atoms with E-state index in [4.69, 9.17) is 21.4 Å². The summed E-state index contributed by atoms with van der Waals surface area (Å²) in [7, 11) is 1.60. The van der Waals surface area contributed by atoms with Gasteiger partial charge < -0.3 is 9.84 Å². The predicted molar refractivity (Wildman–Crippen MR) is 69.1 cm³/mol. The van der Waals surface area contributed by atoms with Crippen LogP contribution in [0.5, 0.6) is 5.75 Å². The molecule has 1 saturated heterocycles. The second kappa shape index (κ2) is 5.59. The minimum atomic E-state index is -0.756. The molecule has 1 aromatic carbocycles. The number of nitrogens with zero attached hydrogens (tertiary/aromatic N) is 1. The van der Waals surface area contributed by atoms with Crippen LogP contribution in [0.2, 0.25) is 5.02 Å². The van der Waals surface area contributed by atoms with Crippen LogP contribution in [0, 0.1) is 0 Å². The summed E-state index contributed by atoms with van der Waals surface area (Å²) in [4.78, 5) is 13.1. The Morgan fingerprint density at radius 1 is 1.61 bits per heavy atom. The molecular weight excluding hydrogens is 254 g/mol. The third kappa shape index (κ3) is 2.76. The molecule has 1 atom stereocenters. The molecule has 4 nitrogen and oxygen atoms in total. The molecule has 1 N–H and O–H groups in total. The number of hydrogen-bond donors (Lipinski definition) is 1. The van der Waals surface area contributed by atoms with Crippen molar-refractivity contribution in [3.8, 4) is 5.75 Å². The second-order valence-electron chi connectivity index (χ2n) is 4.42. The molecular formula is C13H16ClNO3. The van der Waals surface area contributed by atoms with Crippen LogP contribution >= 0.6 is 11.6 Å². The fraction of sp³-hybridized carbons (Fsp3) is 0.462. The summed E-state index contributed by atoms with van der Waals surface area (Å²) < 4.78 is 5.27. The van der Waals surface area contributed by atoms with Crippen LogP contribution in [-0.4, -0.2) is 35.7 Å². The first-order valence-corrected chi connectivity index (χ1v) is 6.29. The van der Waals surface area contributed by atoms with Crippen LogP contribution < -0.4 is 4.74 Å². The Labute approximate surface area is 111 Å². The standard InChI is InChI=1S/C13H16ClNO3/c1-18-12-5-4-10(14)7-9(12)8-15-6-2-3-11(15)13(16)17/h4-5,7,11H,2-3,6,8H2,1H3,(H,16,17)/t11-/m1/s1. The monoisotopic (exact) mass is 269 g/mol. The van der Waals surface area contributed by atoms with Crippen molar-refractivity contribution in [2.45, 2.75) is 25.4 Å². The number of carbonyl (C=O) groups is 1. The Balaban J connectivity index is 2.18. The van der Waals surface area contributed by atoms with Gasteiger partial charge in [0.25, 0.3) is 0 Å². The van der Waals surface area contributed by atoms with Crippen molar-refractivity contribution in [3.63, 3.8) is 0 Å². The first-order valence-electron chi connectivity index (χ1n) is 5.91. The third-order valence-corrected chi connectivity index (χ3v) is 3.50. The fourth-order valence-corrected chi connectivity index (χ4v) is 2.58. The maximum atomic E-state index is 11.1. The van der Waals surface area contributed by atoms with Crippen molar-refractivity contribution < 1.29 is 14.6 Å². The summed E-state index contributed by atoms with van der Waals surface area (Å²) in [6, 6.07) is 5.01. The van der Waals surface area contributed by atoms with Crippen molar-refractivity contribution in [1.29, 1.82) is 0 Å². The number of methoxy groups -OCH3 is 1. The van der Waals surface area contributed by atoms with Gasteiger partial charge in [-0.3, -0.25) is 9.69 Å². The highest BCUT2D eigenvalue weighted by molar-refractivity contribution is 6.30. The van der Waals surface area contributed by atoms with Gasteiger partial charge in [-0.15, -0.1) is 0 Å². The molecule has 0 spiro atoms. The first kappa shape index (κ1) is 13.2. The lowest BCUT2D eigenvalue weighted by Crippen LogP contribution is -2.35. The number of hydrogen-bond acceptors (Lipinski definition) is 3. The number of carboxylic acids is 1. The van der Waals surface area contributed by atoms with Crippen LogP contribution in [0.25, 0.3) is 0 Å². The molecule has 2 rings (SSSR count). The molecule has 0 radical (unpaired) electrons. The lowest BCUT2D eigenvalue weighted by Gasteiger charge is -2.22. The summed E-state index contributed by atoms with van der Waals surface area (Å²) in [6.07, 6.45) is 1.62. The molecule has 0 saturated carbocycles. The van der Waals surface area contributed by atoms with E-state index in [1.807, 2.05) is 17.0 Å². The lowest BCUT2D eigenvalue weighted by atomic mass is 10.1. The maximum Gasteiger partial charge on any atom is 0.320 e. The minimum absolute atomic E-state index is 0.395. The Bertz CT molecular complexity index is 450. The third-order valence-electron chi connectivity index (χ3n) is 3.26. The molecule has 1 aliphatic rings. The van der Waals surface area contributed by atoms with Gasteiger partial charge in [0.15, 0.2) is 0 Å². The minimum Gasteiger partial charge on any atom is -0.496 e. The lowest BCUT2D eigenvalue weighted by molar-refractivity contribution is -0.142. The van der Waals surface area contributed by atoms with Gasteiger partial charge in [-0.2, -0.15) is 0 Å². The Morgan fingerprint density at radius 3 is 3.06 bits per heavy atom. The van der Waals surface area contributed by atoms with E-state index in [1.54, 1.807) is 13.2 Å². The number of carboxylic acid groups (broad SMARTS) is 1. The van der Waals surface area contributed by atoms with Crippen molar-refractivity contribution in [3.05, 3.63) is 28.8 Å². The van der Waals surface area contributed by atoms with Crippen molar-refractivity contribution in [2.24, 2.45) is 0 Å². The van der Waals surface area contributed by atoms with E-state index in [0.717, 1.165) is 24.3 Å². The molecule has 1 fully saturated rings. The average molecular weight is 270 g/mol. The summed E-state index contributed by atoms with van der Waals surface area (Å²) in [5.41, 5.74) is 0.929. The zero-order valence-electron chi connectivity index (χ0n) is 10.2. The van der Waals surface area contributed by atoms with E-state index in [-0.39, 0.29) is 0 Å². The zero-order chi connectivity index (χ0) is 13.1. The fourth-order valence-electron chi connectivity index (χ4n) is 2.38. The SMILES string of the molecule is COc1ccc(Cl)cc1CN1CCC[C@@H]1C(=O)O. The van der Waals surface area contributed by atoms with Gasteiger partial charge >= 0.3 is 5.97 Å². The normalized spacial score (nSPS) is 20.0. The van der Waals surface area contributed by atoms with Crippen LogP contribution in [0.1, 0.15) is 18.4 Å². The number of likely N-dealkylation sites (tertiary alicyclic amines) is 1. The van der Waals surface area contributed by atoms with Gasteiger partial charge in [-0.25, -0.2) is 0 Å². The highest BCUT2D eigenvalue weighted by Gasteiger charge is 2.30. The Morgan fingerprint density at radius 2 is 2.39 bits per heavy atom. The van der Waals surface area contributed by atoms with E-state index < -0.39 is 12.0 Å². The van der Waals surface area contributed by atoms with Crippen LogP contribution in [0.4, 0.5) is 0 Å². The molecule has 0 bridgehead atoms. The number of benzene rings is 1. The number of halogens is 1. The summed E-state index contributed by atoms with van der Waals surface area (Å²) in [5.74, 6) is -0.0102. The van der Waals surface area contributed by atoms with Crippen molar-refractivity contribution in [1.82, 2.24) is 4.90 Å². The number of ether oxygens (including phenoxy) is 1. The molecule has 98 valence electrons. The molecule has 0 unspecified atom stereocenters. The van der Waals surface area contributed by atoms with Gasteiger partial charge in [-0.1, -0.05) is 11.6 Å². The molecule has 0 amide bonds. The highest BCUT2D eigenvalue weighted by Crippen LogP contribution is 2.27. The first-order chi connectivity index (χ1) is 8.61. The van der Waals surface area contributed by atoms with Crippen LogP contribution in [0.15, 0.2) is 18.2 Å². The van der Waals surface area contributed by atoms with Gasteiger partial charge in [0.2, 0.25) is 0 Å². The predicted octanol–water partition coefficient (Wildman–Crippen LogP) is 2.40. The average Bonchev–Trinajstić information content (AvgIpc) is 2.77. The molecule has 1 heterocycles. The summed E-state index contributed by atoms with van der Waals surface area (Å²) in [5, 5.41) is 9.78. The van der Waals surface area contributed by atoms with E-state index >= 15 is 0 Å². The zero-order valence-corrected chi connectivity index (χ0v) is 11.0. The van der Waals surface area contributed by atoms with Gasteiger partial charge in [-0.05, 0) is 37.6 Å². The quantitative estimate of drug-likeness (QED) is 0.912. The van der Waals surface area contributed by atoms with Gasteiger partial charge in [0.1, 0.15) is 11.8 Å². The Hall–Kier alpha value is -1.26. The van der Waals surface area contributed by atoms with E-state index in [1.165, 1.54) is 0 Å². The molecule has 0 aliphatic carbocycles. The molecule has 18 heavy (non-hydrogen) atoms. The molecule has 5 heteroatoms. The summed E-state index contributed by atoms with van der Waals surface area (Å²) in [6.45, 7) is 1.35. The molecule has 1 aromatic rings. The van der Waals surface area contributed by atoms with Crippen LogP contribution in [-0.2, 0) is 11.3 Å². The summed E-state index contributed by atoms with van der Waals surface area (Å²) >= 11 is 5.97. The van der Waals surface area contributed by atoms with Crippen molar-refractivity contribution >= 4 is 17.6 Å². The molecule has 1 aliphatic heterocycles. The highest BCUT2D eigenvalue weighted by atomic mass is 35.5. The topological polar surface area (TPSA) is 49.8 Å². The second-order valence-corrected chi connectivity index (χ2v) is 4.86. The Kier molecular flexibility index (Phi) is 4.09. The van der Waals surface area contributed by atoms with Crippen LogP contribution in [0.3, 0.4) is 0 Å². The van der Waals surface area contributed by atoms with E-state index in [0.29, 0.717) is 18.0 Å². The van der Waals surface area contributed by atoms with E-state index in [2.05, 4.69) is 0 Å². The number of aliphatic carboxylic acids is 1. The van der Waals surface area contributed by atoms with Gasteiger partial charge in [0, 0.05) is 17.1 Å². The van der Waals surface area contributed by atoms with Crippen molar-refractivity contribution in [2.75, 3.05) is 13.7 Å². The smallest absolute Gasteiger partial charge is 0.320 e. The van der Waals surface area contributed by atoms with Gasteiger partial charge in [0.05, 0.1) is 7.11 Å². The maximum absolute atomic E-state index is 11.1. The number of rotatable bonds is 4. The van der Waals surface area contributed by atoms with E-state index in [9.17, 15) is 4.79 Å². The largest absolute Gasteiger partial charge is 0.496 e.